The van der Waals surface area contributed by atoms with Gasteiger partial charge in [0.05, 0.1) is 26.4 Å². The van der Waals surface area contributed by atoms with Crippen molar-refractivity contribution in [1.29, 1.82) is 0 Å². The summed E-state index contributed by atoms with van der Waals surface area (Å²) in [4.78, 5) is 22.8. The molecule has 144 valence electrons. The van der Waals surface area contributed by atoms with Crippen LogP contribution in [0, 0.1) is 0 Å². The van der Waals surface area contributed by atoms with E-state index in [1.54, 1.807) is 0 Å². The Morgan fingerprint density at radius 3 is 1.00 bits per heavy atom. The summed E-state index contributed by atoms with van der Waals surface area (Å²) in [6, 6.07) is 0. The maximum Gasteiger partial charge on any atom is 0.328 e. The molecule has 0 bridgehead atoms. The predicted molar refractivity (Wildman–Crippen MR) is 87.7 cm³/mol. The second-order valence-electron chi connectivity index (χ2n) is 4.51. The fourth-order valence-corrected chi connectivity index (χ4v) is 1.05. The van der Waals surface area contributed by atoms with Crippen molar-refractivity contribution in [2.24, 2.45) is 0 Å². The highest BCUT2D eigenvalue weighted by atomic mass is 16.4. The van der Waals surface area contributed by atoms with Gasteiger partial charge in [0.15, 0.2) is 0 Å². The first kappa shape index (κ1) is 27.3. The molecule has 0 saturated carbocycles. The lowest BCUT2D eigenvalue weighted by Gasteiger charge is -2.11. The number of hydrogen-bond acceptors (Lipinski definition) is 8. The molecule has 0 aliphatic heterocycles. The molecule has 0 atom stereocenters. The maximum absolute atomic E-state index is 9.55. The van der Waals surface area contributed by atoms with Crippen LogP contribution in [0.25, 0.3) is 0 Å². The second-order valence-corrected chi connectivity index (χ2v) is 4.51. The van der Waals surface area contributed by atoms with E-state index in [1.165, 1.54) is 0 Å². The number of carbonyl (C=O) groups is 2. The molecule has 0 aromatic carbocycles. The zero-order valence-electron chi connectivity index (χ0n) is 14.2. The van der Waals surface area contributed by atoms with E-state index in [-0.39, 0.29) is 26.4 Å². The largest absolute Gasteiger partial charge is 0.478 e. The summed E-state index contributed by atoms with van der Waals surface area (Å²) in [7, 11) is 3.71. The predicted octanol–water partition coefficient (Wildman–Crippen LogP) is -2.48. The van der Waals surface area contributed by atoms with E-state index in [4.69, 9.17) is 30.6 Å². The number of likely N-dealkylation sites (N-methyl/N-ethyl adjacent to an activating group) is 2. The summed E-state index contributed by atoms with van der Waals surface area (Å²) >= 11 is 0. The van der Waals surface area contributed by atoms with Crippen LogP contribution in [-0.4, -0.2) is 119 Å². The normalized spacial score (nSPS) is 10.2. The zero-order chi connectivity index (χ0) is 19.4. The lowest BCUT2D eigenvalue weighted by atomic mass is 10.5. The highest BCUT2D eigenvalue weighted by Gasteiger charge is 1.92. The molecule has 10 heteroatoms. The SMILES string of the molecule is CN(CCO)CCO.CN(CCO)CCO.O=C(O)/C=C\C(=O)O. The number of rotatable bonds is 10. The number of carboxylic acids is 2. The highest BCUT2D eigenvalue weighted by Crippen LogP contribution is 1.77. The quantitative estimate of drug-likeness (QED) is 0.232. The summed E-state index contributed by atoms with van der Waals surface area (Å²) in [6.07, 6.45) is 1.12. The molecule has 0 aliphatic carbocycles. The van der Waals surface area contributed by atoms with E-state index in [2.05, 4.69) is 0 Å². The number of nitrogens with zero attached hydrogens (tertiary/aromatic N) is 2. The molecule has 0 aromatic heterocycles. The topological polar surface area (TPSA) is 162 Å². The average molecular weight is 354 g/mol. The molecule has 24 heavy (non-hydrogen) atoms. The Morgan fingerprint density at radius 1 is 0.667 bits per heavy atom. The molecular weight excluding hydrogens is 324 g/mol. The fraction of sp³-hybridized carbons (Fsp3) is 0.714. The van der Waals surface area contributed by atoms with Gasteiger partial charge in [-0.15, -0.1) is 0 Å². The van der Waals surface area contributed by atoms with E-state index in [1.807, 2.05) is 23.9 Å². The lowest BCUT2D eigenvalue weighted by molar-refractivity contribution is -0.134. The summed E-state index contributed by atoms with van der Waals surface area (Å²) in [5.41, 5.74) is 0. The minimum Gasteiger partial charge on any atom is -0.478 e. The van der Waals surface area contributed by atoms with E-state index >= 15 is 0 Å². The Labute approximate surface area is 141 Å². The molecule has 0 fully saturated rings. The molecule has 6 N–H and O–H groups in total. The van der Waals surface area contributed by atoms with Gasteiger partial charge in [0.1, 0.15) is 0 Å². The number of carboxylic acid groups (broad SMARTS) is 2. The summed E-state index contributed by atoms with van der Waals surface area (Å²) in [5, 5.41) is 49.0. The molecule has 0 unspecified atom stereocenters. The third-order valence-corrected chi connectivity index (χ3v) is 2.30. The van der Waals surface area contributed by atoms with Gasteiger partial charge in [-0.1, -0.05) is 0 Å². The van der Waals surface area contributed by atoms with Crippen LogP contribution in [0.4, 0.5) is 0 Å². The molecule has 10 nitrogen and oxygen atoms in total. The van der Waals surface area contributed by atoms with E-state index < -0.39 is 11.9 Å². The Bertz CT molecular complexity index is 284. The second kappa shape index (κ2) is 21.4. The number of hydrogen-bond donors (Lipinski definition) is 6. The highest BCUT2D eigenvalue weighted by molar-refractivity contribution is 5.89. The zero-order valence-corrected chi connectivity index (χ0v) is 14.2. The molecular formula is C14H30N2O8. The van der Waals surface area contributed by atoms with Crippen LogP contribution in [0.3, 0.4) is 0 Å². The number of aliphatic hydroxyl groups excluding tert-OH is 4. The van der Waals surface area contributed by atoms with Gasteiger partial charge >= 0.3 is 11.9 Å². The van der Waals surface area contributed by atoms with Crippen molar-refractivity contribution in [1.82, 2.24) is 9.80 Å². The van der Waals surface area contributed by atoms with E-state index in [0.717, 1.165) is 0 Å². The van der Waals surface area contributed by atoms with Gasteiger partial charge in [0.2, 0.25) is 0 Å². The average Bonchev–Trinajstić information content (AvgIpc) is 2.47. The van der Waals surface area contributed by atoms with Crippen LogP contribution in [0.2, 0.25) is 0 Å². The molecule has 0 radical (unpaired) electrons. The standard InChI is InChI=1S/2C5H13NO2.C4H4O4/c2*1-6(2-4-7)3-5-8;5-3(6)1-2-4(7)8/h2*7-8H,2-5H2,1H3;1-2H,(H,5,6)(H,7,8)/b;;2-1-. The molecule has 0 aromatic rings. The molecule has 0 heterocycles. The monoisotopic (exact) mass is 354 g/mol. The molecule has 0 saturated heterocycles. The molecule has 0 spiro atoms. The summed E-state index contributed by atoms with van der Waals surface area (Å²) in [6.45, 7) is 3.21. The molecule has 0 rings (SSSR count). The van der Waals surface area contributed by atoms with Crippen molar-refractivity contribution in [3.05, 3.63) is 12.2 Å². The number of aliphatic hydroxyl groups is 4. The van der Waals surface area contributed by atoms with Crippen molar-refractivity contribution in [2.45, 2.75) is 0 Å². The van der Waals surface area contributed by atoms with Crippen LogP contribution in [0.15, 0.2) is 12.2 Å². The van der Waals surface area contributed by atoms with Crippen LogP contribution in [0.5, 0.6) is 0 Å². The first-order chi connectivity index (χ1) is 11.2. The van der Waals surface area contributed by atoms with Crippen molar-refractivity contribution >= 4 is 11.9 Å². The van der Waals surface area contributed by atoms with Crippen LogP contribution < -0.4 is 0 Å². The van der Waals surface area contributed by atoms with Crippen LogP contribution >= 0.6 is 0 Å². The van der Waals surface area contributed by atoms with Crippen molar-refractivity contribution < 1.29 is 40.2 Å². The summed E-state index contributed by atoms with van der Waals surface area (Å²) < 4.78 is 0. The van der Waals surface area contributed by atoms with Crippen molar-refractivity contribution in [3.63, 3.8) is 0 Å². The van der Waals surface area contributed by atoms with Gasteiger partial charge in [-0.3, -0.25) is 0 Å². The first-order valence-corrected chi connectivity index (χ1v) is 7.19. The van der Waals surface area contributed by atoms with Gasteiger partial charge < -0.3 is 40.4 Å². The van der Waals surface area contributed by atoms with Gasteiger partial charge in [-0.25, -0.2) is 9.59 Å². The fourth-order valence-electron chi connectivity index (χ4n) is 1.05. The smallest absolute Gasteiger partial charge is 0.328 e. The van der Waals surface area contributed by atoms with Crippen LogP contribution in [0.1, 0.15) is 0 Å². The van der Waals surface area contributed by atoms with Gasteiger partial charge in [0.25, 0.3) is 0 Å². The molecule has 0 amide bonds. The Balaban J connectivity index is -0.000000276. The van der Waals surface area contributed by atoms with E-state index in [9.17, 15) is 9.59 Å². The van der Waals surface area contributed by atoms with Crippen molar-refractivity contribution in [3.8, 4) is 0 Å². The van der Waals surface area contributed by atoms with Gasteiger partial charge in [-0.2, -0.15) is 0 Å². The van der Waals surface area contributed by atoms with Crippen LogP contribution in [-0.2, 0) is 9.59 Å². The Kier molecular flexibility index (Phi) is 24.4. The minimum atomic E-state index is -1.26. The Hall–Kier alpha value is -1.56. The van der Waals surface area contributed by atoms with Gasteiger partial charge in [-0.05, 0) is 14.1 Å². The van der Waals surface area contributed by atoms with E-state index in [0.29, 0.717) is 38.3 Å². The molecule has 0 aliphatic rings. The van der Waals surface area contributed by atoms with Gasteiger partial charge in [0, 0.05) is 38.3 Å². The van der Waals surface area contributed by atoms with Crippen molar-refractivity contribution in [2.75, 3.05) is 66.7 Å². The third-order valence-electron chi connectivity index (χ3n) is 2.30. The third kappa shape index (κ3) is 32.4. The lowest BCUT2D eigenvalue weighted by Crippen LogP contribution is -2.25. The minimum absolute atomic E-state index is 0.163. The number of aliphatic carboxylic acids is 2. The Morgan fingerprint density at radius 2 is 0.875 bits per heavy atom. The maximum atomic E-state index is 9.55. The summed E-state index contributed by atoms with van der Waals surface area (Å²) in [5.74, 6) is -2.51. The first-order valence-electron chi connectivity index (χ1n) is 7.19.